The van der Waals surface area contributed by atoms with Gasteiger partial charge in [0, 0.05) is 6.04 Å². The van der Waals surface area contributed by atoms with Crippen molar-refractivity contribution in [1.82, 2.24) is 5.73 Å². The zero-order chi connectivity index (χ0) is 2.99. The Balaban J connectivity index is 2.17. The lowest BCUT2D eigenvalue weighted by Crippen LogP contribution is -1.72. The van der Waals surface area contributed by atoms with Crippen LogP contribution in [0, 0.1) is 6.42 Å². The summed E-state index contributed by atoms with van der Waals surface area (Å²) in [6.45, 7) is 0. The lowest BCUT2D eigenvalue weighted by Gasteiger charge is -1.54. The lowest BCUT2D eigenvalue weighted by molar-refractivity contribution is 1.05. The van der Waals surface area contributed by atoms with Gasteiger partial charge in [-0.25, -0.2) is 0 Å². The molecule has 1 atom stereocenters. The van der Waals surface area contributed by atoms with Crippen molar-refractivity contribution in [2.24, 2.45) is 0 Å². The number of hydrogen-bond acceptors (Lipinski definition) is 0. The van der Waals surface area contributed by atoms with E-state index in [0.717, 1.165) is 6.42 Å². The van der Waals surface area contributed by atoms with E-state index in [2.05, 4.69) is 0 Å². The van der Waals surface area contributed by atoms with Gasteiger partial charge >= 0.3 is 0 Å². The first-order valence-electron chi connectivity index (χ1n) is 1.44. The van der Waals surface area contributed by atoms with Gasteiger partial charge in [0.25, 0.3) is 0 Å². The summed E-state index contributed by atoms with van der Waals surface area (Å²) in [5, 5.41) is 0. The molecular weight excluding hydrogens is 50.0 g/mol. The van der Waals surface area contributed by atoms with E-state index in [0.29, 0.717) is 0 Å². The summed E-state index contributed by atoms with van der Waals surface area (Å²) >= 11 is 0. The third-order valence-corrected chi connectivity index (χ3v) is 0.471. The van der Waals surface area contributed by atoms with Crippen LogP contribution in [0.2, 0.25) is 0 Å². The van der Waals surface area contributed by atoms with Crippen LogP contribution in [0.25, 0.3) is 0 Å². The predicted molar refractivity (Wildman–Crippen MR) is 15.8 cm³/mol. The van der Waals surface area contributed by atoms with Crippen molar-refractivity contribution in [2.45, 2.75) is 12.5 Å². The van der Waals surface area contributed by atoms with Crippen molar-refractivity contribution in [1.29, 1.82) is 0 Å². The molecule has 1 heteroatoms. The van der Waals surface area contributed by atoms with Crippen molar-refractivity contribution >= 4 is 0 Å². The SMILES string of the molecule is [NH]C1[CH]C1. The molecule has 1 N–H and O–H groups in total. The minimum Gasteiger partial charge on any atom is -0.254 e. The van der Waals surface area contributed by atoms with Crippen LogP contribution in [0.1, 0.15) is 6.42 Å². The van der Waals surface area contributed by atoms with Crippen LogP contribution in [0.5, 0.6) is 0 Å². The van der Waals surface area contributed by atoms with E-state index in [9.17, 15) is 0 Å². The monoisotopic (exact) mass is 55.0 g/mol. The number of rotatable bonds is 0. The Morgan fingerprint density at radius 3 is 2.25 bits per heavy atom. The number of hydrogen-bond donors (Lipinski definition) is 0. The highest BCUT2D eigenvalue weighted by Crippen LogP contribution is 2.14. The third kappa shape index (κ3) is 0.206. The zero-order valence-electron chi connectivity index (χ0n) is 2.36. The van der Waals surface area contributed by atoms with E-state index in [1.807, 2.05) is 6.42 Å². The molecule has 0 aliphatic heterocycles. The summed E-state index contributed by atoms with van der Waals surface area (Å²) in [6.07, 6.45) is 2.99. The standard InChI is InChI=1S/C3H5N/c4-3-1-2-3/h1,3-4H,2H2. The van der Waals surface area contributed by atoms with Crippen molar-refractivity contribution < 1.29 is 0 Å². The summed E-state index contributed by atoms with van der Waals surface area (Å²) in [6, 6.07) is 0.208. The second kappa shape index (κ2) is 0.462. The first-order chi connectivity index (χ1) is 1.89. The predicted octanol–water partition coefficient (Wildman–Crippen LogP) is 0.246. The second-order valence-electron chi connectivity index (χ2n) is 1.08. The van der Waals surface area contributed by atoms with E-state index in [1.54, 1.807) is 0 Å². The summed E-state index contributed by atoms with van der Waals surface area (Å²) in [4.78, 5) is 0. The molecule has 1 rings (SSSR count). The molecule has 1 aliphatic carbocycles. The average Bonchev–Trinajstić information content (AvgIpc) is 1.75. The van der Waals surface area contributed by atoms with Gasteiger partial charge in [-0.05, 0) is 12.8 Å². The molecule has 2 radical (unpaired) electrons. The van der Waals surface area contributed by atoms with Gasteiger partial charge in [-0.15, -0.1) is 0 Å². The van der Waals surface area contributed by atoms with Gasteiger partial charge < -0.3 is 0 Å². The Morgan fingerprint density at radius 2 is 2.25 bits per heavy atom. The minimum atomic E-state index is 0.208. The van der Waals surface area contributed by atoms with Gasteiger partial charge in [0.05, 0.1) is 0 Å². The molecule has 1 saturated carbocycles. The Hall–Kier alpha value is -0.0400. The van der Waals surface area contributed by atoms with Crippen molar-refractivity contribution in [2.75, 3.05) is 0 Å². The maximum atomic E-state index is 6.64. The van der Waals surface area contributed by atoms with Gasteiger partial charge in [0.1, 0.15) is 0 Å². The lowest BCUT2D eigenvalue weighted by atomic mass is 10.8. The quantitative estimate of drug-likeness (QED) is 0.379. The Labute approximate surface area is 25.8 Å². The van der Waals surface area contributed by atoms with Crippen molar-refractivity contribution in [3.8, 4) is 0 Å². The highest BCUT2D eigenvalue weighted by Gasteiger charge is 2.15. The maximum absolute atomic E-state index is 6.64. The molecule has 1 fully saturated rings. The van der Waals surface area contributed by atoms with Crippen molar-refractivity contribution in [3.63, 3.8) is 0 Å². The summed E-state index contributed by atoms with van der Waals surface area (Å²) in [5.41, 5.74) is 6.64. The van der Waals surface area contributed by atoms with E-state index < -0.39 is 0 Å². The maximum Gasteiger partial charge on any atom is 0.0248 e. The molecule has 1 aliphatic rings. The van der Waals surface area contributed by atoms with Crippen LogP contribution in [0.15, 0.2) is 0 Å². The van der Waals surface area contributed by atoms with Crippen LogP contribution in [-0.2, 0) is 0 Å². The Morgan fingerprint density at radius 1 is 2.00 bits per heavy atom. The third-order valence-electron chi connectivity index (χ3n) is 0.471. The fourth-order valence-electron chi connectivity index (χ4n) is 0.0680. The largest absolute Gasteiger partial charge is 0.254 e. The van der Waals surface area contributed by atoms with Gasteiger partial charge in [-0.2, -0.15) is 0 Å². The first-order valence-corrected chi connectivity index (χ1v) is 1.44. The van der Waals surface area contributed by atoms with E-state index in [-0.39, 0.29) is 6.04 Å². The topological polar surface area (TPSA) is 23.8 Å². The van der Waals surface area contributed by atoms with Crippen LogP contribution in [0.4, 0.5) is 0 Å². The molecule has 0 aromatic rings. The van der Waals surface area contributed by atoms with Gasteiger partial charge in [0.15, 0.2) is 0 Å². The molecule has 22 valence electrons. The second-order valence-corrected chi connectivity index (χ2v) is 1.08. The summed E-state index contributed by atoms with van der Waals surface area (Å²) in [5.74, 6) is 0. The fraction of sp³-hybridized carbons (Fsp3) is 0.667. The molecule has 0 amide bonds. The molecule has 0 aromatic heterocycles. The van der Waals surface area contributed by atoms with Crippen LogP contribution >= 0.6 is 0 Å². The average molecular weight is 55.1 g/mol. The van der Waals surface area contributed by atoms with Crippen LogP contribution < -0.4 is 5.73 Å². The first kappa shape index (κ1) is 2.21. The van der Waals surface area contributed by atoms with Gasteiger partial charge in [-0.3, -0.25) is 5.73 Å². The molecular formula is C3H5N. The van der Waals surface area contributed by atoms with Gasteiger partial charge in [-0.1, -0.05) is 0 Å². The van der Waals surface area contributed by atoms with E-state index in [1.165, 1.54) is 0 Å². The molecule has 4 heavy (non-hydrogen) atoms. The molecule has 0 saturated heterocycles. The normalized spacial score (nSPS) is 26.2. The van der Waals surface area contributed by atoms with E-state index in [4.69, 9.17) is 5.73 Å². The molecule has 0 spiro atoms. The smallest absolute Gasteiger partial charge is 0.0248 e. The van der Waals surface area contributed by atoms with Gasteiger partial charge in [0.2, 0.25) is 0 Å². The Kier molecular flexibility index (Phi) is 0.256. The highest BCUT2D eigenvalue weighted by molar-refractivity contribution is 4.97. The fourth-order valence-corrected chi connectivity index (χ4v) is 0.0680. The number of nitrogens with one attached hydrogen (secondary N) is 1. The molecule has 1 unspecified atom stereocenters. The molecule has 1 nitrogen and oxygen atoms in total. The van der Waals surface area contributed by atoms with E-state index >= 15 is 0 Å². The van der Waals surface area contributed by atoms with Crippen LogP contribution in [0.3, 0.4) is 0 Å². The zero-order valence-corrected chi connectivity index (χ0v) is 2.36. The molecule has 0 bridgehead atoms. The molecule has 0 heterocycles. The Bertz CT molecular complexity index is 22.5. The van der Waals surface area contributed by atoms with Crippen molar-refractivity contribution in [3.05, 3.63) is 6.42 Å². The summed E-state index contributed by atoms with van der Waals surface area (Å²) in [7, 11) is 0. The molecule has 0 aromatic carbocycles. The van der Waals surface area contributed by atoms with Crippen LogP contribution in [-0.4, -0.2) is 6.04 Å². The summed E-state index contributed by atoms with van der Waals surface area (Å²) < 4.78 is 0. The minimum absolute atomic E-state index is 0.208. The highest BCUT2D eigenvalue weighted by atomic mass is 14.7.